The lowest BCUT2D eigenvalue weighted by atomic mass is 10.1. The highest BCUT2D eigenvalue weighted by Gasteiger charge is 2.14. The number of ether oxygens (including phenoxy) is 2. The number of carbonyl (C=O) groups is 1. The zero-order chi connectivity index (χ0) is 21.2. The Balaban J connectivity index is 2.29. The number of rotatable bonds is 8. The summed E-state index contributed by atoms with van der Waals surface area (Å²) in [5, 5.41) is 12.2. The number of nitriles is 1. The lowest BCUT2D eigenvalue weighted by Gasteiger charge is -2.13. The fourth-order valence-electron chi connectivity index (χ4n) is 2.53. The standard InChI is InChI=1S/C23H21IN2O3/c1-4-11-29-22-20(24)13-17(14-21(22)28-6-3)12-18(15-25)23(27)26-19-9-7-16(5-2)8-10-19/h1,7-10,12-14H,5-6,11H2,2-3H3,(H,26,27)/b18-12+. The number of carbonyl (C=O) groups excluding carboxylic acids is 1. The first-order valence-corrected chi connectivity index (χ1v) is 10.1. The van der Waals surface area contributed by atoms with Gasteiger partial charge < -0.3 is 14.8 Å². The van der Waals surface area contributed by atoms with Crippen LogP contribution in [0.25, 0.3) is 6.08 Å². The van der Waals surface area contributed by atoms with Crippen molar-refractivity contribution in [2.45, 2.75) is 20.3 Å². The Labute approximate surface area is 184 Å². The highest BCUT2D eigenvalue weighted by atomic mass is 127. The minimum Gasteiger partial charge on any atom is -0.490 e. The predicted octanol–water partition coefficient (Wildman–Crippen LogP) is 4.81. The molecule has 0 aliphatic carbocycles. The van der Waals surface area contributed by atoms with E-state index in [0.717, 1.165) is 9.99 Å². The van der Waals surface area contributed by atoms with E-state index in [1.165, 1.54) is 11.6 Å². The molecule has 1 amide bonds. The molecule has 0 saturated heterocycles. The summed E-state index contributed by atoms with van der Waals surface area (Å²) in [7, 11) is 0. The van der Waals surface area contributed by atoms with Crippen LogP contribution >= 0.6 is 22.6 Å². The Hall–Kier alpha value is -2.97. The molecule has 0 aliphatic rings. The first kappa shape index (κ1) is 22.3. The Morgan fingerprint density at radius 2 is 1.97 bits per heavy atom. The summed E-state index contributed by atoms with van der Waals surface area (Å²) >= 11 is 2.11. The number of terminal acetylenes is 1. The van der Waals surface area contributed by atoms with Crippen LogP contribution in [0, 0.1) is 27.2 Å². The van der Waals surface area contributed by atoms with Gasteiger partial charge in [-0.05, 0) is 77.4 Å². The Morgan fingerprint density at radius 1 is 1.24 bits per heavy atom. The van der Waals surface area contributed by atoms with Crippen LogP contribution in [0.1, 0.15) is 25.0 Å². The highest BCUT2D eigenvalue weighted by Crippen LogP contribution is 2.35. The molecule has 0 heterocycles. The van der Waals surface area contributed by atoms with Gasteiger partial charge in [-0.3, -0.25) is 4.79 Å². The lowest BCUT2D eigenvalue weighted by molar-refractivity contribution is -0.112. The summed E-state index contributed by atoms with van der Waals surface area (Å²) in [5.74, 6) is 3.00. The van der Waals surface area contributed by atoms with Crippen molar-refractivity contribution in [2.24, 2.45) is 0 Å². The van der Waals surface area contributed by atoms with Crippen LogP contribution in [0.2, 0.25) is 0 Å². The molecular formula is C23H21IN2O3. The Bertz CT molecular complexity index is 983. The first-order valence-electron chi connectivity index (χ1n) is 9.07. The van der Waals surface area contributed by atoms with E-state index >= 15 is 0 Å². The van der Waals surface area contributed by atoms with Gasteiger partial charge in [0.05, 0.1) is 10.2 Å². The van der Waals surface area contributed by atoms with Crippen molar-refractivity contribution in [3.8, 4) is 29.9 Å². The molecule has 0 atom stereocenters. The summed E-state index contributed by atoms with van der Waals surface area (Å²) in [4.78, 5) is 12.5. The second-order valence-electron chi connectivity index (χ2n) is 5.93. The second-order valence-corrected chi connectivity index (χ2v) is 7.09. The van der Waals surface area contributed by atoms with Crippen molar-refractivity contribution in [3.63, 3.8) is 0 Å². The van der Waals surface area contributed by atoms with Crippen LogP contribution < -0.4 is 14.8 Å². The van der Waals surface area contributed by atoms with Crippen molar-refractivity contribution in [1.29, 1.82) is 5.26 Å². The van der Waals surface area contributed by atoms with Crippen LogP contribution in [0.5, 0.6) is 11.5 Å². The van der Waals surface area contributed by atoms with Gasteiger partial charge in [0.2, 0.25) is 0 Å². The van der Waals surface area contributed by atoms with E-state index in [2.05, 4.69) is 40.8 Å². The number of aryl methyl sites for hydroxylation is 1. The third-order valence-electron chi connectivity index (χ3n) is 3.93. The lowest BCUT2D eigenvalue weighted by Crippen LogP contribution is -2.13. The van der Waals surface area contributed by atoms with Gasteiger partial charge in [0.25, 0.3) is 5.91 Å². The number of amides is 1. The second kappa shape index (κ2) is 11.1. The van der Waals surface area contributed by atoms with Crippen LogP contribution in [-0.4, -0.2) is 19.1 Å². The number of nitrogens with one attached hydrogen (secondary N) is 1. The molecule has 0 unspecified atom stereocenters. The quantitative estimate of drug-likeness (QED) is 0.245. The van der Waals surface area contributed by atoms with E-state index in [-0.39, 0.29) is 12.2 Å². The van der Waals surface area contributed by atoms with Gasteiger partial charge >= 0.3 is 0 Å². The summed E-state index contributed by atoms with van der Waals surface area (Å²) < 4.78 is 12.0. The molecule has 2 aromatic rings. The average Bonchev–Trinajstić information content (AvgIpc) is 2.72. The molecule has 29 heavy (non-hydrogen) atoms. The fraction of sp³-hybridized carbons (Fsp3) is 0.217. The van der Waals surface area contributed by atoms with Gasteiger partial charge in [0.15, 0.2) is 11.5 Å². The predicted molar refractivity (Wildman–Crippen MR) is 123 cm³/mol. The summed E-state index contributed by atoms with van der Waals surface area (Å²) in [6.45, 7) is 4.48. The number of benzene rings is 2. The molecular weight excluding hydrogens is 479 g/mol. The van der Waals surface area contributed by atoms with Gasteiger partial charge in [0.1, 0.15) is 18.2 Å². The van der Waals surface area contributed by atoms with Crippen molar-refractivity contribution >= 4 is 40.3 Å². The maximum absolute atomic E-state index is 12.5. The highest BCUT2D eigenvalue weighted by molar-refractivity contribution is 14.1. The van der Waals surface area contributed by atoms with Gasteiger partial charge in [0, 0.05) is 5.69 Å². The van der Waals surface area contributed by atoms with Gasteiger partial charge in [-0.25, -0.2) is 0 Å². The van der Waals surface area contributed by atoms with Crippen molar-refractivity contribution < 1.29 is 14.3 Å². The zero-order valence-corrected chi connectivity index (χ0v) is 18.4. The monoisotopic (exact) mass is 500 g/mol. The van der Waals surface area contributed by atoms with E-state index in [9.17, 15) is 10.1 Å². The minimum absolute atomic E-state index is 0.0138. The Kier molecular flexibility index (Phi) is 8.57. The van der Waals surface area contributed by atoms with E-state index in [4.69, 9.17) is 15.9 Å². The first-order chi connectivity index (χ1) is 14.0. The molecule has 0 fully saturated rings. The molecule has 6 heteroatoms. The van der Waals surface area contributed by atoms with E-state index in [0.29, 0.717) is 29.4 Å². The van der Waals surface area contributed by atoms with Gasteiger partial charge in [-0.15, -0.1) is 6.42 Å². The van der Waals surface area contributed by atoms with Crippen LogP contribution in [0.4, 0.5) is 5.69 Å². The topological polar surface area (TPSA) is 71.3 Å². The van der Waals surface area contributed by atoms with E-state index in [1.807, 2.05) is 37.3 Å². The maximum Gasteiger partial charge on any atom is 0.266 e. The van der Waals surface area contributed by atoms with E-state index in [1.54, 1.807) is 12.1 Å². The molecule has 0 radical (unpaired) electrons. The molecule has 2 aromatic carbocycles. The van der Waals surface area contributed by atoms with E-state index < -0.39 is 5.91 Å². The number of anilines is 1. The third kappa shape index (κ3) is 6.27. The molecule has 148 valence electrons. The molecule has 0 saturated carbocycles. The molecule has 0 bridgehead atoms. The van der Waals surface area contributed by atoms with Crippen LogP contribution in [0.3, 0.4) is 0 Å². The van der Waals surface area contributed by atoms with Gasteiger partial charge in [-0.1, -0.05) is 25.0 Å². The molecule has 0 aromatic heterocycles. The maximum atomic E-state index is 12.5. The van der Waals surface area contributed by atoms with Crippen molar-refractivity contribution in [1.82, 2.24) is 0 Å². The number of nitrogens with zero attached hydrogens (tertiary/aromatic N) is 1. The normalized spacial score (nSPS) is 10.6. The molecule has 0 aliphatic heterocycles. The number of hydrogen-bond donors (Lipinski definition) is 1. The van der Waals surface area contributed by atoms with Crippen molar-refractivity contribution in [2.75, 3.05) is 18.5 Å². The van der Waals surface area contributed by atoms with Gasteiger partial charge in [-0.2, -0.15) is 5.26 Å². The molecule has 2 rings (SSSR count). The number of hydrogen-bond acceptors (Lipinski definition) is 4. The third-order valence-corrected chi connectivity index (χ3v) is 4.73. The summed E-state index contributed by atoms with van der Waals surface area (Å²) in [6.07, 6.45) is 7.70. The smallest absolute Gasteiger partial charge is 0.266 e. The Morgan fingerprint density at radius 3 is 2.55 bits per heavy atom. The molecule has 5 nitrogen and oxygen atoms in total. The average molecular weight is 500 g/mol. The summed E-state index contributed by atoms with van der Waals surface area (Å²) in [6, 6.07) is 13.0. The molecule has 0 spiro atoms. The minimum atomic E-state index is -0.475. The van der Waals surface area contributed by atoms with Crippen molar-refractivity contribution in [3.05, 3.63) is 56.7 Å². The fourth-order valence-corrected chi connectivity index (χ4v) is 3.31. The largest absolute Gasteiger partial charge is 0.490 e. The molecule has 1 N–H and O–H groups in total. The number of halogens is 1. The zero-order valence-electron chi connectivity index (χ0n) is 16.3. The summed E-state index contributed by atoms with van der Waals surface area (Å²) in [5.41, 5.74) is 2.44. The van der Waals surface area contributed by atoms with Crippen LogP contribution in [-0.2, 0) is 11.2 Å². The van der Waals surface area contributed by atoms with Crippen LogP contribution in [0.15, 0.2) is 42.0 Å². The SMILES string of the molecule is C#CCOc1c(I)cc(/C=C(\C#N)C(=O)Nc2ccc(CC)cc2)cc1OCC.